The molecular weight excluding hydrogens is 352 g/mol. The number of hydrogen-bond acceptors (Lipinski definition) is 3. The highest BCUT2D eigenvalue weighted by Crippen LogP contribution is 2.24. The molecule has 0 aromatic heterocycles. The Hall–Kier alpha value is -2.82. The van der Waals surface area contributed by atoms with E-state index in [0.29, 0.717) is 17.2 Å². The number of nitrogens with one attached hydrogen (secondary N) is 1. The second-order valence-corrected chi connectivity index (χ2v) is 7.38. The monoisotopic (exact) mass is 380 g/mol. The Balaban J connectivity index is 1.49. The van der Waals surface area contributed by atoms with Gasteiger partial charge in [-0.3, -0.25) is 9.59 Å². The molecule has 5 nitrogen and oxygen atoms in total. The Morgan fingerprint density at radius 2 is 1.82 bits per heavy atom. The van der Waals surface area contributed by atoms with Gasteiger partial charge < -0.3 is 15.0 Å². The molecule has 5 heteroatoms. The number of anilines is 1. The van der Waals surface area contributed by atoms with Crippen molar-refractivity contribution in [1.29, 1.82) is 0 Å². The molecule has 2 aromatic carbocycles. The van der Waals surface area contributed by atoms with E-state index in [1.54, 1.807) is 25.3 Å². The summed E-state index contributed by atoms with van der Waals surface area (Å²) in [5.41, 5.74) is 2.62. The summed E-state index contributed by atoms with van der Waals surface area (Å²) in [5.74, 6) is 1.44. The van der Waals surface area contributed by atoms with E-state index in [1.807, 2.05) is 23.1 Å². The average molecular weight is 380 g/mol. The molecule has 1 aliphatic heterocycles. The molecule has 1 N–H and O–H groups in total. The maximum atomic E-state index is 12.8. The fourth-order valence-electron chi connectivity index (χ4n) is 3.70. The standard InChI is InChI=1S/C23H28N2O3/c1-17(26)24-21-5-3-4-20(16-21)23(27)25-14-12-19(13-15-25)7-6-18-8-10-22(28-2)11-9-18/h3-5,8-11,16,19H,6-7,12-15H2,1-2H3,(H,24,26). The van der Waals surface area contributed by atoms with Crippen molar-refractivity contribution in [1.82, 2.24) is 4.90 Å². The largest absolute Gasteiger partial charge is 0.497 e. The molecule has 0 atom stereocenters. The topological polar surface area (TPSA) is 58.6 Å². The maximum Gasteiger partial charge on any atom is 0.253 e. The average Bonchev–Trinajstić information content (AvgIpc) is 2.72. The molecule has 0 spiro atoms. The van der Waals surface area contributed by atoms with Gasteiger partial charge in [0.25, 0.3) is 5.91 Å². The van der Waals surface area contributed by atoms with Gasteiger partial charge in [-0.2, -0.15) is 0 Å². The van der Waals surface area contributed by atoms with Crippen molar-refractivity contribution >= 4 is 17.5 Å². The van der Waals surface area contributed by atoms with Crippen LogP contribution in [0.3, 0.4) is 0 Å². The van der Waals surface area contributed by atoms with E-state index in [9.17, 15) is 9.59 Å². The van der Waals surface area contributed by atoms with Crippen molar-refractivity contribution in [3.05, 3.63) is 59.7 Å². The van der Waals surface area contributed by atoms with E-state index in [1.165, 1.54) is 12.5 Å². The number of rotatable bonds is 6. The summed E-state index contributed by atoms with van der Waals surface area (Å²) in [5, 5.41) is 2.73. The van der Waals surface area contributed by atoms with E-state index >= 15 is 0 Å². The van der Waals surface area contributed by atoms with Crippen LogP contribution in [0.1, 0.15) is 42.1 Å². The Morgan fingerprint density at radius 1 is 1.11 bits per heavy atom. The third-order valence-electron chi connectivity index (χ3n) is 5.33. The molecular formula is C23H28N2O3. The lowest BCUT2D eigenvalue weighted by Gasteiger charge is -2.32. The van der Waals surface area contributed by atoms with Gasteiger partial charge in [-0.25, -0.2) is 0 Å². The molecule has 148 valence electrons. The second-order valence-electron chi connectivity index (χ2n) is 7.38. The van der Waals surface area contributed by atoms with Gasteiger partial charge in [-0.15, -0.1) is 0 Å². The molecule has 3 rings (SSSR count). The van der Waals surface area contributed by atoms with E-state index in [2.05, 4.69) is 17.4 Å². The summed E-state index contributed by atoms with van der Waals surface area (Å²) >= 11 is 0. The molecule has 1 saturated heterocycles. The van der Waals surface area contributed by atoms with E-state index in [0.717, 1.165) is 44.5 Å². The number of carbonyl (C=O) groups is 2. The minimum Gasteiger partial charge on any atom is -0.497 e. The zero-order valence-electron chi connectivity index (χ0n) is 16.6. The van der Waals surface area contributed by atoms with Gasteiger partial charge in [0.15, 0.2) is 0 Å². The molecule has 1 heterocycles. The summed E-state index contributed by atoms with van der Waals surface area (Å²) in [6.07, 6.45) is 4.27. The summed E-state index contributed by atoms with van der Waals surface area (Å²) in [6.45, 7) is 3.04. The summed E-state index contributed by atoms with van der Waals surface area (Å²) in [4.78, 5) is 25.9. The van der Waals surface area contributed by atoms with E-state index in [4.69, 9.17) is 4.74 Å². The quantitative estimate of drug-likeness (QED) is 0.819. The lowest BCUT2D eigenvalue weighted by molar-refractivity contribution is -0.114. The van der Waals surface area contributed by atoms with Crippen molar-refractivity contribution < 1.29 is 14.3 Å². The Labute approximate surface area is 166 Å². The molecule has 0 aliphatic carbocycles. The third kappa shape index (κ3) is 5.35. The third-order valence-corrected chi connectivity index (χ3v) is 5.33. The number of aryl methyl sites for hydroxylation is 1. The molecule has 1 fully saturated rings. The van der Waals surface area contributed by atoms with Crippen molar-refractivity contribution in [2.24, 2.45) is 5.92 Å². The van der Waals surface area contributed by atoms with Gasteiger partial charge >= 0.3 is 0 Å². The van der Waals surface area contributed by atoms with Crippen LogP contribution in [0.4, 0.5) is 5.69 Å². The fourth-order valence-corrected chi connectivity index (χ4v) is 3.70. The number of methoxy groups -OCH3 is 1. The van der Waals surface area contributed by atoms with Crippen molar-refractivity contribution in [3.63, 3.8) is 0 Å². The van der Waals surface area contributed by atoms with E-state index < -0.39 is 0 Å². The van der Waals surface area contributed by atoms with Crippen molar-refractivity contribution in [2.45, 2.75) is 32.6 Å². The van der Waals surface area contributed by atoms with Gasteiger partial charge in [-0.1, -0.05) is 18.2 Å². The number of likely N-dealkylation sites (tertiary alicyclic amines) is 1. The normalized spacial score (nSPS) is 14.6. The van der Waals surface area contributed by atoms with Crippen LogP contribution in [0.5, 0.6) is 5.75 Å². The molecule has 0 unspecified atom stereocenters. The number of hydrogen-bond donors (Lipinski definition) is 1. The molecule has 0 radical (unpaired) electrons. The molecule has 2 aromatic rings. The lowest BCUT2D eigenvalue weighted by Crippen LogP contribution is -2.38. The van der Waals surface area contributed by atoms with Crippen LogP contribution in [-0.4, -0.2) is 36.9 Å². The maximum absolute atomic E-state index is 12.8. The summed E-state index contributed by atoms with van der Waals surface area (Å²) < 4.78 is 5.20. The van der Waals surface area contributed by atoms with Crippen molar-refractivity contribution in [3.8, 4) is 5.75 Å². The highest BCUT2D eigenvalue weighted by Gasteiger charge is 2.23. The first-order valence-corrected chi connectivity index (χ1v) is 9.85. The zero-order valence-corrected chi connectivity index (χ0v) is 16.6. The Bertz CT molecular complexity index is 809. The van der Waals surface area contributed by atoms with Crippen LogP contribution in [0.15, 0.2) is 48.5 Å². The van der Waals surface area contributed by atoms with Crippen LogP contribution < -0.4 is 10.1 Å². The number of carbonyl (C=O) groups excluding carboxylic acids is 2. The SMILES string of the molecule is COc1ccc(CCC2CCN(C(=O)c3cccc(NC(C)=O)c3)CC2)cc1. The fraction of sp³-hybridized carbons (Fsp3) is 0.391. The molecule has 1 aliphatic rings. The number of ether oxygens (including phenoxy) is 1. The molecule has 28 heavy (non-hydrogen) atoms. The molecule has 0 bridgehead atoms. The smallest absolute Gasteiger partial charge is 0.253 e. The minimum absolute atomic E-state index is 0.0424. The van der Waals surface area contributed by atoms with E-state index in [-0.39, 0.29) is 11.8 Å². The Kier molecular flexibility index (Phi) is 6.69. The zero-order chi connectivity index (χ0) is 19.9. The van der Waals surface area contributed by atoms with Gasteiger partial charge in [0, 0.05) is 31.3 Å². The number of piperidine rings is 1. The Morgan fingerprint density at radius 3 is 2.46 bits per heavy atom. The molecule has 0 saturated carbocycles. The van der Waals surface area contributed by atoms with Crippen LogP contribution in [-0.2, 0) is 11.2 Å². The summed E-state index contributed by atoms with van der Waals surface area (Å²) in [7, 11) is 1.68. The van der Waals surface area contributed by atoms with Crippen LogP contribution in [0.2, 0.25) is 0 Å². The second kappa shape index (κ2) is 9.40. The summed E-state index contributed by atoms with van der Waals surface area (Å²) in [6, 6.07) is 15.4. The van der Waals surface area contributed by atoms with Gasteiger partial charge in [-0.05, 0) is 67.5 Å². The number of benzene rings is 2. The molecule has 2 amide bonds. The van der Waals surface area contributed by atoms with Gasteiger partial charge in [0.05, 0.1) is 7.11 Å². The van der Waals surface area contributed by atoms with Gasteiger partial charge in [0.1, 0.15) is 5.75 Å². The number of amides is 2. The lowest BCUT2D eigenvalue weighted by atomic mass is 9.90. The predicted octanol–water partition coefficient (Wildman–Crippen LogP) is 4.14. The van der Waals surface area contributed by atoms with Crippen LogP contribution in [0, 0.1) is 5.92 Å². The van der Waals surface area contributed by atoms with Crippen LogP contribution >= 0.6 is 0 Å². The highest BCUT2D eigenvalue weighted by molar-refractivity contribution is 5.96. The first-order chi connectivity index (χ1) is 13.5. The van der Waals surface area contributed by atoms with Gasteiger partial charge in [0.2, 0.25) is 5.91 Å². The number of nitrogens with zero attached hydrogens (tertiary/aromatic N) is 1. The first-order valence-electron chi connectivity index (χ1n) is 9.85. The first kappa shape index (κ1) is 19.9. The predicted molar refractivity (Wildman–Crippen MR) is 111 cm³/mol. The minimum atomic E-state index is -0.137. The highest BCUT2D eigenvalue weighted by atomic mass is 16.5. The van der Waals surface area contributed by atoms with Crippen LogP contribution in [0.25, 0.3) is 0 Å². The van der Waals surface area contributed by atoms with Crippen molar-refractivity contribution in [2.75, 3.05) is 25.5 Å².